The number of carbonyl (C=O) groups excluding carboxylic acids is 2. The molecule has 0 saturated carbocycles. The molecule has 0 radical (unpaired) electrons. The molecular formula is C9H4BrN3O4. The number of halogens is 1. The van der Waals surface area contributed by atoms with Gasteiger partial charge in [-0.1, -0.05) is 15.9 Å². The van der Waals surface area contributed by atoms with E-state index in [2.05, 4.69) is 25.9 Å². The molecule has 1 aliphatic rings. The van der Waals surface area contributed by atoms with Gasteiger partial charge in [0.1, 0.15) is 5.36 Å². The zero-order valence-electron chi connectivity index (χ0n) is 8.43. The molecule has 1 aliphatic heterocycles. The van der Waals surface area contributed by atoms with Gasteiger partial charge in [-0.3, -0.25) is 19.7 Å². The molecule has 0 fully saturated rings. The summed E-state index contributed by atoms with van der Waals surface area (Å²) < 4.78 is 0.434. The Balaban J connectivity index is 3.02. The fourth-order valence-electron chi connectivity index (χ4n) is 1.43. The fourth-order valence-corrected chi connectivity index (χ4v) is 1.84. The molecular weight excluding hydrogens is 294 g/mol. The van der Waals surface area contributed by atoms with Crippen molar-refractivity contribution in [1.82, 2.24) is 0 Å². The maximum Gasteiger partial charge on any atom is 0.338 e. The van der Waals surface area contributed by atoms with Gasteiger partial charge in [-0.2, -0.15) is 4.99 Å². The third-order valence-corrected chi connectivity index (χ3v) is 3.07. The third kappa shape index (κ3) is 1.76. The summed E-state index contributed by atoms with van der Waals surface area (Å²) in [6.45, 7) is 1.51. The van der Waals surface area contributed by atoms with E-state index in [0.29, 0.717) is 10.0 Å². The lowest BCUT2D eigenvalue weighted by molar-refractivity contribution is -0.386. The van der Waals surface area contributed by atoms with Crippen molar-refractivity contribution in [2.75, 3.05) is 0 Å². The Morgan fingerprint density at radius 3 is 2.47 bits per heavy atom. The smallest absolute Gasteiger partial charge is 0.261 e. The average Bonchev–Trinajstić information content (AvgIpc) is 2.23. The van der Waals surface area contributed by atoms with Gasteiger partial charge in [-0.05, 0) is 13.0 Å². The highest BCUT2D eigenvalue weighted by molar-refractivity contribution is 9.10. The molecule has 0 N–H and O–H groups in total. The zero-order valence-corrected chi connectivity index (χ0v) is 10.0. The van der Waals surface area contributed by atoms with Crippen LogP contribution in [0, 0.1) is 17.0 Å². The minimum Gasteiger partial charge on any atom is -0.261 e. The normalized spacial score (nSPS) is 13.8. The molecule has 1 aromatic rings. The molecule has 0 saturated heterocycles. The van der Waals surface area contributed by atoms with E-state index >= 15 is 0 Å². The first kappa shape index (κ1) is 11.5. The number of amides is 2. The zero-order chi connectivity index (χ0) is 12.7. The van der Waals surface area contributed by atoms with Gasteiger partial charge in [0.25, 0.3) is 0 Å². The van der Waals surface area contributed by atoms with Crippen LogP contribution in [0.25, 0.3) is 0 Å². The second-order valence-electron chi connectivity index (χ2n) is 3.29. The first-order valence-electron chi connectivity index (χ1n) is 4.41. The van der Waals surface area contributed by atoms with Crippen molar-refractivity contribution in [3.63, 3.8) is 0 Å². The van der Waals surface area contributed by atoms with Gasteiger partial charge in [0.15, 0.2) is 5.36 Å². The lowest BCUT2D eigenvalue weighted by Gasteiger charge is -2.03. The van der Waals surface area contributed by atoms with E-state index in [1.54, 1.807) is 0 Å². The first-order valence-corrected chi connectivity index (χ1v) is 5.20. The summed E-state index contributed by atoms with van der Waals surface area (Å²) in [5.74, 6) is -2.12. The molecule has 2 rings (SSSR count). The van der Waals surface area contributed by atoms with E-state index in [4.69, 9.17) is 0 Å². The van der Waals surface area contributed by atoms with Crippen LogP contribution in [-0.2, 0) is 9.59 Å². The van der Waals surface area contributed by atoms with E-state index in [-0.39, 0.29) is 16.4 Å². The molecule has 0 atom stereocenters. The van der Waals surface area contributed by atoms with E-state index < -0.39 is 16.7 Å². The van der Waals surface area contributed by atoms with Crippen LogP contribution in [0.4, 0.5) is 5.69 Å². The van der Waals surface area contributed by atoms with Crippen LogP contribution in [0.2, 0.25) is 0 Å². The molecule has 17 heavy (non-hydrogen) atoms. The van der Waals surface area contributed by atoms with Crippen LogP contribution >= 0.6 is 15.9 Å². The predicted molar refractivity (Wildman–Crippen MR) is 57.9 cm³/mol. The number of hydrogen-bond donors (Lipinski definition) is 0. The second kappa shape index (κ2) is 3.81. The summed E-state index contributed by atoms with van der Waals surface area (Å²) in [7, 11) is 0. The van der Waals surface area contributed by atoms with Gasteiger partial charge < -0.3 is 0 Å². The quantitative estimate of drug-likeness (QED) is 0.412. The highest BCUT2D eigenvalue weighted by Gasteiger charge is 2.24. The molecule has 8 heteroatoms. The van der Waals surface area contributed by atoms with Crippen LogP contribution in [0.1, 0.15) is 5.56 Å². The Hall–Kier alpha value is -1.96. The highest BCUT2D eigenvalue weighted by atomic mass is 79.9. The van der Waals surface area contributed by atoms with Crippen LogP contribution in [0.3, 0.4) is 0 Å². The Labute approximate surface area is 102 Å². The van der Waals surface area contributed by atoms with Crippen LogP contribution in [-0.4, -0.2) is 16.7 Å². The number of fused-ring (bicyclic) bond motifs is 1. The molecule has 86 valence electrons. The summed E-state index contributed by atoms with van der Waals surface area (Å²) in [6.07, 6.45) is 0. The minimum atomic E-state index is -1.10. The average molecular weight is 298 g/mol. The van der Waals surface area contributed by atoms with Gasteiger partial charge in [0, 0.05) is 10.0 Å². The van der Waals surface area contributed by atoms with Gasteiger partial charge in [0.05, 0.1) is 4.92 Å². The standard InChI is InChI=1S/C9H4BrN3O4/c1-3-4(10)2-5-6(7(3)13(16)17)12-9(15)8(14)11-5/h2H,1H3. The molecule has 0 aliphatic carbocycles. The predicted octanol–water partition coefficient (Wildman–Crippen LogP) is -0.0283. The van der Waals surface area contributed by atoms with E-state index in [1.807, 2.05) is 0 Å². The number of nitro groups is 1. The number of rotatable bonds is 1. The minimum absolute atomic E-state index is 0.0266. The van der Waals surface area contributed by atoms with Crippen molar-refractivity contribution < 1.29 is 14.5 Å². The molecule has 0 spiro atoms. The molecule has 2 amide bonds. The summed E-state index contributed by atoms with van der Waals surface area (Å²) in [6, 6.07) is 1.42. The Morgan fingerprint density at radius 2 is 1.88 bits per heavy atom. The second-order valence-corrected chi connectivity index (χ2v) is 4.15. The highest BCUT2D eigenvalue weighted by Crippen LogP contribution is 2.20. The van der Waals surface area contributed by atoms with Crippen molar-refractivity contribution in [3.8, 4) is 0 Å². The van der Waals surface area contributed by atoms with E-state index in [1.165, 1.54) is 13.0 Å². The Kier molecular flexibility index (Phi) is 2.58. The lowest BCUT2D eigenvalue weighted by atomic mass is 10.1. The Morgan fingerprint density at radius 1 is 1.29 bits per heavy atom. The number of nitrogens with zero attached hydrogens (tertiary/aromatic N) is 3. The first-order chi connectivity index (χ1) is 7.91. The number of hydrogen-bond acceptors (Lipinski definition) is 4. The number of benzene rings is 1. The van der Waals surface area contributed by atoms with Gasteiger partial charge in [0.2, 0.25) is 0 Å². The van der Waals surface area contributed by atoms with Crippen molar-refractivity contribution in [2.45, 2.75) is 6.92 Å². The maximum absolute atomic E-state index is 11.1. The molecule has 0 unspecified atom stereocenters. The molecule has 0 bridgehead atoms. The van der Waals surface area contributed by atoms with Crippen molar-refractivity contribution in [3.05, 3.63) is 36.9 Å². The van der Waals surface area contributed by atoms with Crippen molar-refractivity contribution in [1.29, 1.82) is 0 Å². The summed E-state index contributed by atoms with van der Waals surface area (Å²) in [5.41, 5.74) is 0.00817. The fraction of sp³-hybridized carbons (Fsp3) is 0.111. The molecule has 7 nitrogen and oxygen atoms in total. The van der Waals surface area contributed by atoms with Crippen molar-refractivity contribution >= 4 is 33.4 Å². The van der Waals surface area contributed by atoms with Gasteiger partial charge in [-0.25, -0.2) is 4.99 Å². The summed E-state index contributed by atoms with van der Waals surface area (Å²) in [4.78, 5) is 39.3. The lowest BCUT2D eigenvalue weighted by Crippen LogP contribution is -2.36. The van der Waals surface area contributed by atoms with E-state index in [0.717, 1.165) is 0 Å². The molecule has 1 heterocycles. The maximum atomic E-state index is 11.1. The third-order valence-electron chi connectivity index (χ3n) is 2.24. The largest absolute Gasteiger partial charge is 0.338 e. The van der Waals surface area contributed by atoms with Gasteiger partial charge in [-0.15, -0.1) is 0 Å². The molecule has 1 aromatic carbocycles. The van der Waals surface area contributed by atoms with Gasteiger partial charge >= 0.3 is 17.5 Å². The van der Waals surface area contributed by atoms with E-state index in [9.17, 15) is 19.7 Å². The molecule has 0 aromatic heterocycles. The summed E-state index contributed by atoms with van der Waals surface area (Å²) in [5, 5.41) is 10.8. The topological polar surface area (TPSA) is 102 Å². The van der Waals surface area contributed by atoms with Crippen LogP contribution in [0.5, 0.6) is 0 Å². The monoisotopic (exact) mass is 297 g/mol. The Bertz CT molecular complexity index is 695. The van der Waals surface area contributed by atoms with Crippen LogP contribution < -0.4 is 10.7 Å². The number of carbonyl (C=O) groups is 2. The SMILES string of the molecule is Cc1c(Br)cc2c(c1[N+](=O)[O-])=NC(=O)C(=O)N=2. The summed E-state index contributed by atoms with van der Waals surface area (Å²) >= 11 is 3.13. The number of nitro benzene ring substituents is 1. The van der Waals surface area contributed by atoms with Crippen molar-refractivity contribution in [2.24, 2.45) is 9.98 Å². The van der Waals surface area contributed by atoms with Crippen LogP contribution in [0.15, 0.2) is 20.5 Å².